The second-order valence-electron chi connectivity index (χ2n) is 1.95. The van der Waals surface area contributed by atoms with Crippen LogP contribution in [0.1, 0.15) is 0 Å². The summed E-state index contributed by atoms with van der Waals surface area (Å²) in [4.78, 5) is 0. The summed E-state index contributed by atoms with van der Waals surface area (Å²) in [5.41, 5.74) is 0. The van der Waals surface area contributed by atoms with Crippen molar-refractivity contribution in [3.05, 3.63) is 17.9 Å². The topological polar surface area (TPSA) is 40.5 Å². The predicted molar refractivity (Wildman–Crippen MR) is 66.3 cm³/mol. The molecule has 0 atom stereocenters. The molecule has 0 amide bonds. The summed E-state index contributed by atoms with van der Waals surface area (Å²) in [6, 6.07) is 0. The molecule has 1 rings (SSSR count). The molecule has 0 saturated carbocycles. The van der Waals surface area contributed by atoms with Crippen LogP contribution in [-0.4, -0.2) is 36.4 Å². The standard InChI is InChI=1S/C6H2Br4O2.Bi/c7-1-2(8)4(10)6(12)5(11)3(1)9;/h11-12H;. The van der Waals surface area contributed by atoms with Crippen molar-refractivity contribution in [1.82, 2.24) is 0 Å². The molecule has 2 N–H and O–H groups in total. The van der Waals surface area contributed by atoms with Gasteiger partial charge in [-0.1, -0.05) is 0 Å². The van der Waals surface area contributed by atoms with E-state index in [1.54, 1.807) is 0 Å². The minimum absolute atomic E-state index is 0. The molecule has 7 heteroatoms. The molecule has 0 aliphatic heterocycles. The maximum absolute atomic E-state index is 9.31. The Morgan fingerprint density at radius 3 is 1.08 bits per heavy atom. The van der Waals surface area contributed by atoms with Crippen molar-refractivity contribution in [3.8, 4) is 11.5 Å². The first-order chi connectivity index (χ1) is 5.46. The monoisotopic (exact) mass is 631 g/mol. The maximum atomic E-state index is 9.31. The van der Waals surface area contributed by atoms with Gasteiger partial charge in [0.1, 0.15) is 0 Å². The molecule has 1 aromatic rings. The Morgan fingerprint density at radius 2 is 0.846 bits per heavy atom. The fraction of sp³-hybridized carbons (Fsp3) is 0. The first-order valence-corrected chi connectivity index (χ1v) is 5.88. The van der Waals surface area contributed by atoms with Crippen LogP contribution in [0.3, 0.4) is 0 Å². The molecular weight excluding hydrogens is 633 g/mol. The number of aromatic hydroxyl groups is 2. The van der Waals surface area contributed by atoms with Crippen LogP contribution in [0.25, 0.3) is 0 Å². The molecule has 0 aromatic heterocycles. The molecule has 0 unspecified atom stereocenters. The maximum Gasteiger partial charge on any atom is 0.174 e. The number of benzene rings is 1. The molecule has 0 heterocycles. The summed E-state index contributed by atoms with van der Waals surface area (Å²) >= 11 is 12.7. The quantitative estimate of drug-likeness (QED) is 0.198. The number of phenolic OH excluding ortho intramolecular Hbond substituents is 2. The molecule has 1 aromatic carbocycles. The molecule has 0 saturated heterocycles. The normalized spacial score (nSPS) is 9.54. The van der Waals surface area contributed by atoms with Crippen molar-refractivity contribution in [3.63, 3.8) is 0 Å². The summed E-state index contributed by atoms with van der Waals surface area (Å²) in [7, 11) is 0. The minimum atomic E-state index is -0.197. The number of hydrogen-bond donors (Lipinski definition) is 2. The molecular formula is C6H2BiBr4O2. The molecule has 0 fully saturated rings. The zero-order chi connectivity index (χ0) is 9.46. The van der Waals surface area contributed by atoms with Crippen molar-refractivity contribution in [2.45, 2.75) is 0 Å². The van der Waals surface area contributed by atoms with Crippen LogP contribution < -0.4 is 0 Å². The molecule has 2 nitrogen and oxygen atoms in total. The van der Waals surface area contributed by atoms with E-state index < -0.39 is 0 Å². The zero-order valence-electron chi connectivity index (χ0n) is 5.85. The van der Waals surface area contributed by atoms with Crippen molar-refractivity contribution in [2.75, 3.05) is 0 Å². The molecule has 3 radical (unpaired) electrons. The minimum Gasteiger partial charge on any atom is -0.503 e. The van der Waals surface area contributed by atoms with E-state index in [9.17, 15) is 10.2 Å². The summed E-state index contributed by atoms with van der Waals surface area (Å²) in [5, 5.41) is 18.6. The molecule has 0 bridgehead atoms. The molecule has 0 aliphatic rings. The van der Waals surface area contributed by atoms with Gasteiger partial charge >= 0.3 is 0 Å². The fourth-order valence-electron chi connectivity index (χ4n) is 0.609. The first-order valence-electron chi connectivity index (χ1n) is 2.70. The van der Waals surface area contributed by atoms with E-state index in [0.29, 0.717) is 17.9 Å². The van der Waals surface area contributed by atoms with Crippen LogP contribution in [0.4, 0.5) is 0 Å². The van der Waals surface area contributed by atoms with Crippen molar-refractivity contribution < 1.29 is 10.2 Å². The smallest absolute Gasteiger partial charge is 0.174 e. The number of halogens is 4. The summed E-state index contributed by atoms with van der Waals surface area (Å²) in [5.74, 6) is -0.395. The molecule has 0 spiro atoms. The molecule has 0 aliphatic carbocycles. The van der Waals surface area contributed by atoms with E-state index in [0.717, 1.165) is 0 Å². The van der Waals surface area contributed by atoms with E-state index >= 15 is 0 Å². The van der Waals surface area contributed by atoms with Gasteiger partial charge in [0.05, 0.1) is 17.9 Å². The van der Waals surface area contributed by atoms with E-state index in [1.807, 2.05) is 0 Å². The Labute approximate surface area is 128 Å². The van der Waals surface area contributed by atoms with Crippen molar-refractivity contribution >= 4 is 89.9 Å². The van der Waals surface area contributed by atoms with Gasteiger partial charge in [-0.3, -0.25) is 0 Å². The van der Waals surface area contributed by atoms with E-state index in [4.69, 9.17) is 0 Å². The largest absolute Gasteiger partial charge is 0.503 e. The molecule has 71 valence electrons. The van der Waals surface area contributed by atoms with Gasteiger partial charge < -0.3 is 10.2 Å². The summed E-state index contributed by atoms with van der Waals surface area (Å²) in [6.45, 7) is 0. The molecule has 13 heavy (non-hydrogen) atoms. The van der Waals surface area contributed by atoms with Gasteiger partial charge in [0.2, 0.25) is 0 Å². The average molecular weight is 635 g/mol. The van der Waals surface area contributed by atoms with Crippen LogP contribution in [0.2, 0.25) is 0 Å². The zero-order valence-corrected chi connectivity index (χ0v) is 15.7. The second-order valence-corrected chi connectivity index (χ2v) is 5.13. The van der Waals surface area contributed by atoms with E-state index in [2.05, 4.69) is 63.7 Å². The van der Waals surface area contributed by atoms with Crippen LogP contribution >= 0.6 is 63.7 Å². The van der Waals surface area contributed by atoms with Crippen LogP contribution in [0, 0.1) is 0 Å². The van der Waals surface area contributed by atoms with E-state index in [-0.39, 0.29) is 37.7 Å². The van der Waals surface area contributed by atoms with Gasteiger partial charge in [0.15, 0.2) is 11.5 Å². The van der Waals surface area contributed by atoms with Gasteiger partial charge in [-0.25, -0.2) is 0 Å². The Hall–Kier alpha value is 1.62. The first kappa shape index (κ1) is 14.6. The van der Waals surface area contributed by atoms with Gasteiger partial charge in [-0.2, -0.15) is 0 Å². The fourth-order valence-corrected chi connectivity index (χ4v) is 2.68. The van der Waals surface area contributed by atoms with Gasteiger partial charge in [0, 0.05) is 26.2 Å². The number of phenols is 2. The average Bonchev–Trinajstić information content (AvgIpc) is 2.08. The Morgan fingerprint density at radius 1 is 0.615 bits per heavy atom. The van der Waals surface area contributed by atoms with Crippen LogP contribution in [0.15, 0.2) is 17.9 Å². The third-order valence-corrected chi connectivity index (χ3v) is 5.94. The predicted octanol–water partition coefficient (Wildman–Crippen LogP) is 3.77. The Kier molecular flexibility index (Phi) is 6.34. The van der Waals surface area contributed by atoms with Gasteiger partial charge in [-0.05, 0) is 63.7 Å². The number of rotatable bonds is 0. The van der Waals surface area contributed by atoms with Gasteiger partial charge in [0.25, 0.3) is 0 Å². The van der Waals surface area contributed by atoms with E-state index in [1.165, 1.54) is 0 Å². The SMILES string of the molecule is Oc1c(O)c(Br)c(Br)c(Br)c1Br.[Bi]. The third kappa shape index (κ3) is 2.80. The van der Waals surface area contributed by atoms with Crippen molar-refractivity contribution in [2.24, 2.45) is 0 Å². The van der Waals surface area contributed by atoms with Crippen LogP contribution in [-0.2, 0) is 0 Å². The Bertz CT molecular complexity index is 237. The second kappa shape index (κ2) is 5.64. The Balaban J connectivity index is 0.00000144. The third-order valence-electron chi connectivity index (χ3n) is 1.22. The summed E-state index contributed by atoms with van der Waals surface area (Å²) < 4.78 is 2.11. The van der Waals surface area contributed by atoms with Gasteiger partial charge in [-0.15, -0.1) is 0 Å². The summed E-state index contributed by atoms with van der Waals surface area (Å²) in [6.07, 6.45) is 0. The van der Waals surface area contributed by atoms with Crippen LogP contribution in [0.5, 0.6) is 11.5 Å². The number of hydrogen-bond acceptors (Lipinski definition) is 2. The van der Waals surface area contributed by atoms with Crippen molar-refractivity contribution in [1.29, 1.82) is 0 Å².